The van der Waals surface area contributed by atoms with Crippen molar-refractivity contribution in [2.75, 3.05) is 19.8 Å². The molecule has 7 nitrogen and oxygen atoms in total. The van der Waals surface area contributed by atoms with Gasteiger partial charge in [0.1, 0.15) is 6.04 Å². The monoisotopic (exact) mass is 476 g/mol. The van der Waals surface area contributed by atoms with Crippen molar-refractivity contribution in [3.8, 4) is 0 Å². The number of allylic oxidation sites excluding steroid dienone is 1. The van der Waals surface area contributed by atoms with E-state index in [-0.39, 0.29) is 35.7 Å². The van der Waals surface area contributed by atoms with Crippen molar-refractivity contribution >= 4 is 29.5 Å². The predicted octanol–water partition coefficient (Wildman–Crippen LogP) is 2.53. The Morgan fingerprint density at radius 1 is 1.18 bits per heavy atom. The molecule has 0 aromatic rings. The Kier molecular flexibility index (Phi) is 7.24. The summed E-state index contributed by atoms with van der Waals surface area (Å²) in [5.41, 5.74) is 0. The molecule has 4 rings (SSSR count). The van der Waals surface area contributed by atoms with Gasteiger partial charge in [-0.1, -0.05) is 37.6 Å². The number of aliphatic hydroxyl groups is 1. The third kappa shape index (κ3) is 4.03. The van der Waals surface area contributed by atoms with Gasteiger partial charge < -0.3 is 19.6 Å². The molecule has 2 unspecified atom stereocenters. The average molecular weight is 477 g/mol. The van der Waals surface area contributed by atoms with E-state index in [0.29, 0.717) is 13.2 Å². The molecule has 182 valence electrons. The summed E-state index contributed by atoms with van der Waals surface area (Å²) in [5.74, 6) is -2.01. The molecule has 0 saturated carbocycles. The average Bonchev–Trinajstić information content (AvgIpc) is 3.18. The van der Waals surface area contributed by atoms with E-state index in [9.17, 15) is 19.5 Å². The lowest BCUT2D eigenvalue weighted by atomic mass is 9.78. The van der Waals surface area contributed by atoms with Crippen LogP contribution in [0, 0.1) is 11.8 Å². The second-order valence-electron chi connectivity index (χ2n) is 9.74. The molecule has 0 radical (unpaired) electrons. The van der Waals surface area contributed by atoms with Gasteiger partial charge in [-0.2, -0.15) is 0 Å². The number of carbonyl (C=O) groups excluding carboxylic acids is 3. The van der Waals surface area contributed by atoms with Crippen LogP contribution in [0.3, 0.4) is 0 Å². The van der Waals surface area contributed by atoms with Gasteiger partial charge in [-0.3, -0.25) is 14.4 Å². The van der Waals surface area contributed by atoms with Gasteiger partial charge in [0.05, 0.1) is 35.8 Å². The highest BCUT2D eigenvalue weighted by Crippen LogP contribution is 2.61. The molecule has 2 saturated heterocycles. The zero-order valence-electron chi connectivity index (χ0n) is 19.8. The first-order chi connectivity index (χ1) is 15.9. The number of hydrogen-bond donors (Lipinski definition) is 1. The van der Waals surface area contributed by atoms with Gasteiger partial charge in [-0.15, -0.1) is 11.8 Å². The maximum atomic E-state index is 14.1. The van der Waals surface area contributed by atoms with Crippen molar-refractivity contribution in [1.29, 1.82) is 0 Å². The largest absolute Gasteiger partial charge is 0.465 e. The van der Waals surface area contributed by atoms with Crippen molar-refractivity contribution in [3.05, 3.63) is 24.3 Å². The molecule has 0 aromatic heterocycles. The first-order valence-corrected chi connectivity index (χ1v) is 13.2. The normalized spacial score (nSPS) is 37.0. The highest BCUT2D eigenvalue weighted by atomic mass is 32.2. The number of aliphatic hydroxyl groups excluding tert-OH is 1. The Morgan fingerprint density at radius 3 is 2.70 bits per heavy atom. The fourth-order valence-corrected chi connectivity index (χ4v) is 7.89. The lowest BCUT2D eigenvalue weighted by Crippen LogP contribution is -2.57. The maximum absolute atomic E-state index is 14.1. The fourth-order valence-electron chi connectivity index (χ4n) is 5.91. The zero-order valence-corrected chi connectivity index (χ0v) is 20.6. The van der Waals surface area contributed by atoms with E-state index in [1.807, 2.05) is 30.1 Å². The summed E-state index contributed by atoms with van der Waals surface area (Å²) in [7, 11) is 0. The Labute approximate surface area is 200 Å². The standard InChI is InChI=1S/C25H36N2O5S/c1-4-10-16(2)26-13-9-12-25-20(22(29)27(17(3)15-28)21(25)23(26)30)19-18(33-25)11-7-5-6-8-14-32-24(19)31/h7,9,11-12,16-21,28H,4-6,8,10,13-15H2,1-3H3/b11-7-/t16?,17-,18-,19+,20+,21?,25+/m1/s1. The summed E-state index contributed by atoms with van der Waals surface area (Å²) in [5, 5.41) is 9.74. The third-order valence-electron chi connectivity index (χ3n) is 7.55. The molecular formula is C25H36N2O5S. The molecule has 33 heavy (non-hydrogen) atoms. The topological polar surface area (TPSA) is 87.2 Å². The van der Waals surface area contributed by atoms with Crippen LogP contribution in [-0.2, 0) is 19.1 Å². The summed E-state index contributed by atoms with van der Waals surface area (Å²) in [4.78, 5) is 44.6. The summed E-state index contributed by atoms with van der Waals surface area (Å²) in [6, 6.07) is -1.23. The molecule has 4 aliphatic heterocycles. The number of thioether (sulfide) groups is 1. The molecule has 0 bridgehead atoms. The molecule has 1 N–H and O–H groups in total. The number of carbonyl (C=O) groups is 3. The van der Waals surface area contributed by atoms with E-state index in [2.05, 4.69) is 13.0 Å². The fraction of sp³-hybridized carbons (Fsp3) is 0.720. The number of likely N-dealkylation sites (tertiary alicyclic amines) is 1. The Morgan fingerprint density at radius 2 is 1.97 bits per heavy atom. The smallest absolute Gasteiger partial charge is 0.311 e. The van der Waals surface area contributed by atoms with Crippen LogP contribution in [0.2, 0.25) is 0 Å². The molecular weight excluding hydrogens is 440 g/mol. The molecule has 4 aliphatic rings. The van der Waals surface area contributed by atoms with Crippen LogP contribution >= 0.6 is 11.8 Å². The van der Waals surface area contributed by atoms with Gasteiger partial charge in [0.25, 0.3) is 0 Å². The van der Waals surface area contributed by atoms with E-state index >= 15 is 0 Å². The van der Waals surface area contributed by atoms with Crippen LogP contribution < -0.4 is 0 Å². The van der Waals surface area contributed by atoms with Crippen molar-refractivity contribution < 1.29 is 24.2 Å². The minimum Gasteiger partial charge on any atom is -0.465 e. The minimum absolute atomic E-state index is 0.0414. The Hall–Kier alpha value is -1.80. The summed E-state index contributed by atoms with van der Waals surface area (Å²) in [6.07, 6.45) is 12.6. The highest BCUT2D eigenvalue weighted by molar-refractivity contribution is 8.02. The summed E-state index contributed by atoms with van der Waals surface area (Å²) in [6.45, 7) is 6.50. The van der Waals surface area contributed by atoms with Crippen LogP contribution in [0.15, 0.2) is 24.3 Å². The molecule has 2 fully saturated rings. The van der Waals surface area contributed by atoms with E-state index in [4.69, 9.17) is 4.74 Å². The highest BCUT2D eigenvalue weighted by Gasteiger charge is 2.71. The number of fused-ring (bicyclic) bond motifs is 2. The predicted molar refractivity (Wildman–Crippen MR) is 127 cm³/mol. The molecule has 4 heterocycles. The van der Waals surface area contributed by atoms with E-state index in [1.165, 1.54) is 0 Å². The number of esters is 1. The Bertz CT molecular complexity index is 845. The van der Waals surface area contributed by atoms with Crippen molar-refractivity contribution in [1.82, 2.24) is 9.80 Å². The van der Waals surface area contributed by atoms with Gasteiger partial charge in [-0.25, -0.2) is 0 Å². The zero-order chi connectivity index (χ0) is 23.8. The minimum atomic E-state index is -0.856. The van der Waals surface area contributed by atoms with Gasteiger partial charge in [0.2, 0.25) is 11.8 Å². The van der Waals surface area contributed by atoms with Gasteiger partial charge in [-0.05, 0) is 39.5 Å². The second kappa shape index (κ2) is 9.82. The van der Waals surface area contributed by atoms with Crippen LogP contribution in [0.1, 0.15) is 52.9 Å². The van der Waals surface area contributed by atoms with Gasteiger partial charge in [0.15, 0.2) is 0 Å². The first kappa shape index (κ1) is 24.3. The molecule has 2 amide bonds. The number of nitrogens with zero attached hydrogens (tertiary/aromatic N) is 2. The summed E-state index contributed by atoms with van der Waals surface area (Å²) < 4.78 is 4.75. The first-order valence-electron chi connectivity index (χ1n) is 12.3. The third-order valence-corrected chi connectivity index (χ3v) is 9.29. The van der Waals surface area contributed by atoms with Crippen LogP contribution in [-0.4, -0.2) is 80.6 Å². The number of ether oxygens (including phenoxy) is 1. The van der Waals surface area contributed by atoms with E-state index in [1.54, 1.807) is 23.6 Å². The maximum Gasteiger partial charge on any atom is 0.311 e. The molecule has 7 atom stereocenters. The van der Waals surface area contributed by atoms with E-state index < -0.39 is 28.7 Å². The van der Waals surface area contributed by atoms with Crippen molar-refractivity contribution in [2.24, 2.45) is 11.8 Å². The molecule has 0 aromatic carbocycles. The van der Waals surface area contributed by atoms with Gasteiger partial charge in [0, 0.05) is 17.8 Å². The molecule has 8 heteroatoms. The van der Waals surface area contributed by atoms with E-state index in [0.717, 1.165) is 32.1 Å². The number of rotatable bonds is 5. The van der Waals surface area contributed by atoms with Crippen molar-refractivity contribution in [2.45, 2.75) is 81.0 Å². The summed E-state index contributed by atoms with van der Waals surface area (Å²) >= 11 is 1.55. The lowest BCUT2D eigenvalue weighted by molar-refractivity contribution is -0.153. The van der Waals surface area contributed by atoms with Gasteiger partial charge >= 0.3 is 5.97 Å². The second-order valence-corrected chi connectivity index (χ2v) is 11.2. The molecule has 1 spiro atoms. The molecule has 0 aliphatic carbocycles. The van der Waals surface area contributed by atoms with Crippen LogP contribution in [0.4, 0.5) is 0 Å². The number of amides is 2. The number of hydrogen-bond acceptors (Lipinski definition) is 6. The SMILES string of the molecule is CCCC(C)N1CC=C[C@]23S[C@@H]4/C=C\CCCCOC(=O)[C@@H]4[C@H]2C(=O)N([C@H](C)CO)C3C1=O. The van der Waals surface area contributed by atoms with Crippen LogP contribution in [0.25, 0.3) is 0 Å². The Balaban J connectivity index is 1.81. The quantitative estimate of drug-likeness (QED) is 0.485. The van der Waals surface area contributed by atoms with Crippen LogP contribution in [0.5, 0.6) is 0 Å². The van der Waals surface area contributed by atoms with Crippen molar-refractivity contribution in [3.63, 3.8) is 0 Å². The number of cyclic esters (lactones) is 1. The lowest BCUT2D eigenvalue weighted by Gasteiger charge is -2.39.